The second kappa shape index (κ2) is 5.16. The summed E-state index contributed by atoms with van der Waals surface area (Å²) in [5, 5.41) is 4.10. The predicted molar refractivity (Wildman–Crippen MR) is 70.3 cm³/mol. The lowest BCUT2D eigenvalue weighted by atomic mass is 10.3. The molecule has 0 saturated heterocycles. The molecule has 3 aromatic rings. The lowest BCUT2D eigenvalue weighted by Gasteiger charge is -2.11. The van der Waals surface area contributed by atoms with Gasteiger partial charge in [-0.25, -0.2) is 13.9 Å². The SMILES string of the molecule is COc1cccc(F)c1OCc1cccc2ncnn12. The van der Waals surface area contributed by atoms with Gasteiger partial charge in [-0.05, 0) is 24.3 Å². The molecule has 0 aliphatic carbocycles. The quantitative estimate of drug-likeness (QED) is 0.732. The van der Waals surface area contributed by atoms with Crippen LogP contribution in [0.5, 0.6) is 11.5 Å². The van der Waals surface area contributed by atoms with Gasteiger partial charge in [0.1, 0.15) is 12.9 Å². The van der Waals surface area contributed by atoms with E-state index in [0.29, 0.717) is 11.4 Å². The van der Waals surface area contributed by atoms with Crippen LogP contribution < -0.4 is 9.47 Å². The van der Waals surface area contributed by atoms with Gasteiger partial charge >= 0.3 is 0 Å². The molecule has 0 aliphatic rings. The van der Waals surface area contributed by atoms with E-state index in [9.17, 15) is 4.39 Å². The van der Waals surface area contributed by atoms with Gasteiger partial charge in [0.05, 0.1) is 12.8 Å². The summed E-state index contributed by atoms with van der Waals surface area (Å²) in [6.07, 6.45) is 1.46. The van der Waals surface area contributed by atoms with E-state index in [-0.39, 0.29) is 12.4 Å². The van der Waals surface area contributed by atoms with Crippen molar-refractivity contribution in [2.24, 2.45) is 0 Å². The molecule has 0 atom stereocenters. The maximum atomic E-state index is 13.8. The number of ether oxygens (including phenoxy) is 2. The first-order valence-electron chi connectivity index (χ1n) is 6.02. The van der Waals surface area contributed by atoms with Crippen molar-refractivity contribution in [1.29, 1.82) is 0 Å². The number of hydrogen-bond donors (Lipinski definition) is 0. The molecule has 0 spiro atoms. The van der Waals surface area contributed by atoms with Crippen molar-refractivity contribution in [3.8, 4) is 11.5 Å². The molecule has 102 valence electrons. The minimum Gasteiger partial charge on any atom is -0.493 e. The first-order chi connectivity index (χ1) is 9.79. The zero-order chi connectivity index (χ0) is 13.9. The molecule has 0 bridgehead atoms. The van der Waals surface area contributed by atoms with Gasteiger partial charge in [-0.15, -0.1) is 0 Å². The summed E-state index contributed by atoms with van der Waals surface area (Å²) in [4.78, 5) is 4.08. The van der Waals surface area contributed by atoms with Crippen LogP contribution in [0.3, 0.4) is 0 Å². The highest BCUT2D eigenvalue weighted by Crippen LogP contribution is 2.30. The molecule has 1 aromatic carbocycles. The number of halogens is 1. The molecular weight excluding hydrogens is 261 g/mol. The summed E-state index contributed by atoms with van der Waals surface area (Å²) >= 11 is 0. The fourth-order valence-corrected chi connectivity index (χ4v) is 1.95. The van der Waals surface area contributed by atoms with E-state index in [1.807, 2.05) is 18.2 Å². The van der Waals surface area contributed by atoms with Crippen LogP contribution >= 0.6 is 0 Å². The molecule has 0 saturated carbocycles. The molecule has 6 heteroatoms. The second-order valence-corrected chi connectivity index (χ2v) is 4.11. The third-order valence-corrected chi connectivity index (χ3v) is 2.90. The Morgan fingerprint density at radius 2 is 2.05 bits per heavy atom. The molecular formula is C14H12FN3O2. The summed E-state index contributed by atoms with van der Waals surface area (Å²) in [6, 6.07) is 10.1. The fourth-order valence-electron chi connectivity index (χ4n) is 1.95. The first-order valence-corrected chi connectivity index (χ1v) is 6.02. The third kappa shape index (κ3) is 2.16. The van der Waals surface area contributed by atoms with Gasteiger partial charge in [0.15, 0.2) is 23.0 Å². The summed E-state index contributed by atoms with van der Waals surface area (Å²) < 4.78 is 26.0. The van der Waals surface area contributed by atoms with E-state index >= 15 is 0 Å². The van der Waals surface area contributed by atoms with Crippen LogP contribution in [-0.4, -0.2) is 21.7 Å². The summed E-state index contributed by atoms with van der Waals surface area (Å²) in [5.41, 5.74) is 1.48. The Labute approximate surface area is 114 Å². The Hall–Kier alpha value is -2.63. The highest BCUT2D eigenvalue weighted by atomic mass is 19.1. The van der Waals surface area contributed by atoms with E-state index in [1.165, 1.54) is 19.5 Å². The highest BCUT2D eigenvalue weighted by Gasteiger charge is 2.11. The number of rotatable bonds is 4. The van der Waals surface area contributed by atoms with Crippen molar-refractivity contribution in [2.75, 3.05) is 7.11 Å². The van der Waals surface area contributed by atoms with Gasteiger partial charge in [-0.2, -0.15) is 5.10 Å². The molecule has 0 fully saturated rings. The second-order valence-electron chi connectivity index (χ2n) is 4.11. The monoisotopic (exact) mass is 273 g/mol. The highest BCUT2D eigenvalue weighted by molar-refractivity contribution is 5.41. The van der Waals surface area contributed by atoms with E-state index < -0.39 is 5.82 Å². The molecule has 0 N–H and O–H groups in total. The van der Waals surface area contributed by atoms with Crippen molar-refractivity contribution >= 4 is 5.65 Å². The minimum absolute atomic E-state index is 0.0899. The van der Waals surface area contributed by atoms with Gasteiger partial charge in [-0.3, -0.25) is 0 Å². The Kier molecular flexibility index (Phi) is 3.20. The third-order valence-electron chi connectivity index (χ3n) is 2.90. The van der Waals surface area contributed by atoms with Crippen LogP contribution in [0.25, 0.3) is 5.65 Å². The average molecular weight is 273 g/mol. The van der Waals surface area contributed by atoms with Crippen LogP contribution in [0, 0.1) is 5.82 Å². The fraction of sp³-hybridized carbons (Fsp3) is 0.143. The lowest BCUT2D eigenvalue weighted by molar-refractivity contribution is 0.264. The van der Waals surface area contributed by atoms with Crippen LogP contribution in [-0.2, 0) is 6.61 Å². The first kappa shape index (κ1) is 12.4. The minimum atomic E-state index is -0.463. The molecule has 0 unspecified atom stereocenters. The zero-order valence-electron chi connectivity index (χ0n) is 10.8. The van der Waals surface area contributed by atoms with Crippen LogP contribution in [0.4, 0.5) is 4.39 Å². The van der Waals surface area contributed by atoms with Gasteiger partial charge in [-0.1, -0.05) is 12.1 Å². The maximum Gasteiger partial charge on any atom is 0.197 e. The summed E-state index contributed by atoms with van der Waals surface area (Å²) in [5.74, 6) is -0.0157. The van der Waals surface area contributed by atoms with Crippen LogP contribution in [0.1, 0.15) is 5.69 Å². The van der Waals surface area contributed by atoms with Crippen molar-refractivity contribution < 1.29 is 13.9 Å². The molecule has 0 aliphatic heterocycles. The molecule has 0 amide bonds. The van der Waals surface area contributed by atoms with Gasteiger partial charge in [0, 0.05) is 0 Å². The number of pyridine rings is 1. The van der Waals surface area contributed by atoms with Gasteiger partial charge < -0.3 is 9.47 Å². The van der Waals surface area contributed by atoms with Crippen molar-refractivity contribution in [1.82, 2.24) is 14.6 Å². The van der Waals surface area contributed by atoms with Gasteiger partial charge in [0.25, 0.3) is 0 Å². The van der Waals surface area contributed by atoms with Crippen molar-refractivity contribution in [3.05, 3.63) is 54.2 Å². The molecule has 2 aromatic heterocycles. The number of fused-ring (bicyclic) bond motifs is 1. The van der Waals surface area contributed by atoms with E-state index in [2.05, 4.69) is 10.1 Å². The summed E-state index contributed by atoms with van der Waals surface area (Å²) in [7, 11) is 1.47. The average Bonchev–Trinajstić information content (AvgIpc) is 2.94. The van der Waals surface area contributed by atoms with Crippen LogP contribution in [0.2, 0.25) is 0 Å². The Morgan fingerprint density at radius 1 is 1.20 bits per heavy atom. The zero-order valence-corrected chi connectivity index (χ0v) is 10.8. The molecule has 5 nitrogen and oxygen atoms in total. The smallest absolute Gasteiger partial charge is 0.197 e. The number of benzene rings is 1. The van der Waals surface area contributed by atoms with Crippen molar-refractivity contribution in [2.45, 2.75) is 6.61 Å². The molecule has 2 heterocycles. The number of methoxy groups -OCH3 is 1. The predicted octanol–water partition coefficient (Wildman–Crippen LogP) is 2.46. The topological polar surface area (TPSA) is 48.7 Å². The van der Waals surface area contributed by atoms with Gasteiger partial charge in [0.2, 0.25) is 0 Å². The van der Waals surface area contributed by atoms with E-state index in [4.69, 9.17) is 9.47 Å². The summed E-state index contributed by atoms with van der Waals surface area (Å²) in [6.45, 7) is 0.165. The lowest BCUT2D eigenvalue weighted by Crippen LogP contribution is -2.05. The Morgan fingerprint density at radius 3 is 2.90 bits per heavy atom. The maximum absolute atomic E-state index is 13.8. The number of hydrogen-bond acceptors (Lipinski definition) is 4. The van der Waals surface area contributed by atoms with Crippen molar-refractivity contribution in [3.63, 3.8) is 0 Å². The van der Waals surface area contributed by atoms with Crippen LogP contribution in [0.15, 0.2) is 42.7 Å². The number of nitrogens with zero attached hydrogens (tertiary/aromatic N) is 3. The Balaban J connectivity index is 1.88. The number of aromatic nitrogens is 3. The largest absolute Gasteiger partial charge is 0.493 e. The normalized spacial score (nSPS) is 10.7. The molecule has 3 rings (SSSR count). The van der Waals surface area contributed by atoms with E-state index in [0.717, 1.165) is 5.69 Å². The molecule has 20 heavy (non-hydrogen) atoms. The number of para-hydroxylation sites is 1. The van der Waals surface area contributed by atoms with E-state index in [1.54, 1.807) is 16.6 Å². The Bertz CT molecular complexity index is 742. The molecule has 0 radical (unpaired) electrons. The standard InChI is InChI=1S/C14H12FN3O2/c1-19-12-6-3-5-11(15)14(12)20-8-10-4-2-7-13-16-9-17-18(10)13/h2-7,9H,8H2,1H3.